The van der Waals surface area contributed by atoms with Crippen molar-refractivity contribution in [2.75, 3.05) is 18.4 Å². The summed E-state index contributed by atoms with van der Waals surface area (Å²) >= 11 is 1.48. The van der Waals surface area contributed by atoms with E-state index in [1.54, 1.807) is 0 Å². The lowest BCUT2D eigenvalue weighted by molar-refractivity contribution is -0.120. The van der Waals surface area contributed by atoms with E-state index >= 15 is 0 Å². The molecule has 1 aromatic carbocycles. The maximum atomic E-state index is 12.3. The maximum Gasteiger partial charge on any atom is 0.229 e. The first-order valence-electron chi connectivity index (χ1n) is 8.18. The lowest BCUT2D eigenvalue weighted by atomic mass is 9.97. The van der Waals surface area contributed by atoms with Gasteiger partial charge in [-0.3, -0.25) is 4.79 Å². The van der Waals surface area contributed by atoms with Crippen LogP contribution in [0.2, 0.25) is 0 Å². The largest absolute Gasteiger partial charge is 0.317 e. The quantitative estimate of drug-likeness (QED) is 0.884. The molecule has 2 aromatic rings. The molecule has 5 nitrogen and oxygen atoms in total. The van der Waals surface area contributed by atoms with Gasteiger partial charge >= 0.3 is 0 Å². The number of nitrogens with zero attached hydrogens (tertiary/aromatic N) is 2. The van der Waals surface area contributed by atoms with Crippen LogP contribution in [0.15, 0.2) is 30.3 Å². The van der Waals surface area contributed by atoms with Crippen LogP contribution in [0.25, 0.3) is 0 Å². The number of carbonyl (C=O) groups excluding carboxylic acids is 1. The Kier molecular flexibility index (Phi) is 5.35. The van der Waals surface area contributed by atoms with Crippen molar-refractivity contribution in [2.45, 2.75) is 32.1 Å². The Hall–Kier alpha value is -1.79. The molecular weight excluding hydrogens is 308 g/mol. The minimum Gasteiger partial charge on any atom is -0.317 e. The highest BCUT2D eigenvalue weighted by atomic mass is 32.1. The molecular formula is C17H22N4OS. The molecule has 0 radical (unpaired) electrons. The van der Waals surface area contributed by atoms with E-state index in [0.29, 0.717) is 5.13 Å². The first-order valence-corrected chi connectivity index (χ1v) is 8.99. The van der Waals surface area contributed by atoms with Gasteiger partial charge in [-0.1, -0.05) is 48.6 Å². The van der Waals surface area contributed by atoms with Gasteiger partial charge in [-0.05, 0) is 37.9 Å². The monoisotopic (exact) mass is 330 g/mol. The molecule has 23 heavy (non-hydrogen) atoms. The fraction of sp³-hybridized carbons (Fsp3) is 0.471. The topological polar surface area (TPSA) is 66.9 Å². The van der Waals surface area contributed by atoms with Crippen LogP contribution in [0.1, 0.15) is 42.7 Å². The molecule has 0 saturated carbocycles. The summed E-state index contributed by atoms with van der Waals surface area (Å²) in [5.41, 5.74) is 1.24. The summed E-state index contributed by atoms with van der Waals surface area (Å²) < 4.78 is 0. The van der Waals surface area contributed by atoms with Crippen LogP contribution < -0.4 is 10.6 Å². The predicted octanol–water partition coefficient (Wildman–Crippen LogP) is 3.02. The fourth-order valence-electron chi connectivity index (χ4n) is 2.96. The molecule has 1 unspecified atom stereocenters. The Balaban J connectivity index is 1.68. The van der Waals surface area contributed by atoms with E-state index in [9.17, 15) is 4.79 Å². The van der Waals surface area contributed by atoms with E-state index in [1.165, 1.54) is 16.9 Å². The lowest BCUT2D eigenvalue weighted by Gasteiger charge is -2.20. The summed E-state index contributed by atoms with van der Waals surface area (Å²) in [6, 6.07) is 10.3. The highest BCUT2D eigenvalue weighted by Crippen LogP contribution is 2.31. The zero-order chi connectivity index (χ0) is 16.1. The number of amides is 1. The van der Waals surface area contributed by atoms with E-state index < -0.39 is 0 Å². The summed E-state index contributed by atoms with van der Waals surface area (Å²) in [6.45, 7) is 3.96. The van der Waals surface area contributed by atoms with Gasteiger partial charge in [0.25, 0.3) is 0 Å². The normalized spacial score (nSPS) is 16.9. The van der Waals surface area contributed by atoms with Gasteiger partial charge in [0.1, 0.15) is 5.01 Å². The first-order chi connectivity index (χ1) is 11.3. The van der Waals surface area contributed by atoms with Gasteiger partial charge < -0.3 is 10.6 Å². The average Bonchev–Trinajstić information content (AvgIpc) is 3.05. The van der Waals surface area contributed by atoms with Crippen molar-refractivity contribution in [1.29, 1.82) is 0 Å². The summed E-state index contributed by atoms with van der Waals surface area (Å²) in [4.78, 5) is 12.3. The van der Waals surface area contributed by atoms with Crippen LogP contribution in [-0.4, -0.2) is 29.2 Å². The van der Waals surface area contributed by atoms with Gasteiger partial charge in [-0.25, -0.2) is 0 Å². The molecule has 0 spiro atoms. The number of hydrogen-bond donors (Lipinski definition) is 2. The van der Waals surface area contributed by atoms with Gasteiger partial charge in [0.2, 0.25) is 11.0 Å². The Morgan fingerprint density at radius 3 is 2.74 bits per heavy atom. The molecule has 1 aromatic heterocycles. The second kappa shape index (κ2) is 7.66. The zero-order valence-electron chi connectivity index (χ0n) is 13.3. The zero-order valence-corrected chi connectivity index (χ0v) is 14.1. The van der Waals surface area contributed by atoms with Crippen molar-refractivity contribution < 1.29 is 4.79 Å². The van der Waals surface area contributed by atoms with E-state index in [2.05, 4.69) is 39.9 Å². The van der Waals surface area contributed by atoms with Gasteiger partial charge in [-0.2, -0.15) is 0 Å². The molecule has 1 aliphatic heterocycles. The van der Waals surface area contributed by atoms with Crippen LogP contribution >= 0.6 is 11.3 Å². The molecule has 1 atom stereocenters. The van der Waals surface area contributed by atoms with E-state index in [-0.39, 0.29) is 17.7 Å². The van der Waals surface area contributed by atoms with E-state index in [0.717, 1.165) is 37.4 Å². The van der Waals surface area contributed by atoms with Crippen molar-refractivity contribution in [3.8, 4) is 0 Å². The Morgan fingerprint density at radius 1 is 1.30 bits per heavy atom. The number of carbonyl (C=O) groups is 1. The van der Waals surface area contributed by atoms with Gasteiger partial charge in [0.05, 0.1) is 0 Å². The third kappa shape index (κ3) is 3.95. The molecule has 2 N–H and O–H groups in total. The highest BCUT2D eigenvalue weighted by Gasteiger charge is 2.23. The molecule has 3 rings (SSSR count). The minimum atomic E-state index is 0.0713. The second-order valence-corrected chi connectivity index (χ2v) is 6.84. The van der Waals surface area contributed by atoms with Crippen molar-refractivity contribution in [1.82, 2.24) is 15.5 Å². The lowest BCUT2D eigenvalue weighted by Crippen LogP contribution is -2.34. The van der Waals surface area contributed by atoms with Crippen LogP contribution in [-0.2, 0) is 4.79 Å². The summed E-state index contributed by atoms with van der Waals surface area (Å²) in [5.74, 6) is 0.389. The Bertz CT molecular complexity index is 637. The third-order valence-corrected chi connectivity index (χ3v) is 5.24. The van der Waals surface area contributed by atoms with Crippen molar-refractivity contribution in [3.05, 3.63) is 40.9 Å². The molecule has 6 heteroatoms. The summed E-state index contributed by atoms with van der Waals surface area (Å²) in [5, 5.41) is 16.3. The molecule has 1 aliphatic rings. The first kappa shape index (κ1) is 16.1. The fourth-order valence-corrected chi connectivity index (χ4v) is 3.91. The van der Waals surface area contributed by atoms with Crippen LogP contribution in [0.5, 0.6) is 0 Å². The predicted molar refractivity (Wildman–Crippen MR) is 92.7 cm³/mol. The highest BCUT2D eigenvalue weighted by molar-refractivity contribution is 7.15. The average molecular weight is 330 g/mol. The Morgan fingerprint density at radius 2 is 2.04 bits per heavy atom. The molecule has 1 saturated heterocycles. The molecule has 0 bridgehead atoms. The van der Waals surface area contributed by atoms with Crippen molar-refractivity contribution in [3.63, 3.8) is 0 Å². The summed E-state index contributed by atoms with van der Waals surface area (Å²) in [6.07, 6.45) is 2.74. The standard InChI is InChI=1S/C17H22N4OS/c1-2-14(12-6-4-3-5-7-12)16-20-21-17(23-16)19-15(22)13-8-10-18-11-9-13/h3-7,13-14,18H,2,8-11H2,1H3,(H,19,21,22). The van der Waals surface area contributed by atoms with Crippen molar-refractivity contribution in [2.24, 2.45) is 5.92 Å². The van der Waals surface area contributed by atoms with Crippen molar-refractivity contribution >= 4 is 22.4 Å². The number of anilines is 1. The van der Waals surface area contributed by atoms with Gasteiger partial charge in [0.15, 0.2) is 0 Å². The number of nitrogens with one attached hydrogen (secondary N) is 2. The summed E-state index contributed by atoms with van der Waals surface area (Å²) in [7, 11) is 0. The Labute approximate surface area is 140 Å². The molecule has 2 heterocycles. The smallest absolute Gasteiger partial charge is 0.229 e. The van der Waals surface area contributed by atoms with Crippen LogP contribution in [0, 0.1) is 5.92 Å². The molecule has 122 valence electrons. The van der Waals surface area contributed by atoms with Crippen LogP contribution in [0.3, 0.4) is 0 Å². The van der Waals surface area contributed by atoms with Gasteiger partial charge in [0, 0.05) is 11.8 Å². The van der Waals surface area contributed by atoms with E-state index in [1.807, 2.05) is 18.2 Å². The number of piperidine rings is 1. The van der Waals surface area contributed by atoms with E-state index in [4.69, 9.17) is 0 Å². The molecule has 1 fully saturated rings. The number of hydrogen-bond acceptors (Lipinski definition) is 5. The maximum absolute atomic E-state index is 12.3. The second-order valence-electron chi connectivity index (χ2n) is 5.83. The van der Waals surface area contributed by atoms with Gasteiger partial charge in [-0.15, -0.1) is 10.2 Å². The number of benzene rings is 1. The number of aromatic nitrogens is 2. The molecule has 0 aliphatic carbocycles. The molecule has 1 amide bonds. The SMILES string of the molecule is CCC(c1ccccc1)c1nnc(NC(=O)C2CCNCC2)s1. The third-order valence-electron chi connectivity index (χ3n) is 4.29. The van der Waals surface area contributed by atoms with Crippen LogP contribution in [0.4, 0.5) is 5.13 Å². The number of rotatable bonds is 5. The minimum absolute atomic E-state index is 0.0713.